The predicted molar refractivity (Wildman–Crippen MR) is 136 cm³/mol. The van der Waals surface area contributed by atoms with E-state index < -0.39 is 35.2 Å². The fourth-order valence-electron chi connectivity index (χ4n) is 6.81. The number of nitrogens with zero attached hydrogens (tertiary/aromatic N) is 1. The van der Waals surface area contributed by atoms with E-state index >= 15 is 0 Å². The molecule has 0 aromatic heterocycles. The molecule has 1 fully saturated rings. The maximum absolute atomic E-state index is 14.5. The Kier molecular flexibility index (Phi) is 6.83. The monoisotopic (exact) mass is 511 g/mol. The Hall–Kier alpha value is -2.84. The van der Waals surface area contributed by atoms with Crippen LogP contribution in [0.5, 0.6) is 11.5 Å². The lowest BCUT2D eigenvalue weighted by atomic mass is 9.69. The third-order valence-electron chi connectivity index (χ3n) is 8.54. The molecule has 37 heavy (non-hydrogen) atoms. The molecule has 1 aliphatic carbocycles. The number of rotatable bonds is 8. The first-order valence-electron chi connectivity index (χ1n) is 13.1. The van der Waals surface area contributed by atoms with Crippen molar-refractivity contribution in [3.05, 3.63) is 46.7 Å². The first-order valence-corrected chi connectivity index (χ1v) is 13.1. The molecule has 1 aromatic carbocycles. The van der Waals surface area contributed by atoms with Crippen molar-refractivity contribution in [2.45, 2.75) is 69.4 Å². The fraction of sp³-hybridized carbons (Fsp3) is 0.586. The van der Waals surface area contributed by atoms with Crippen molar-refractivity contribution >= 4 is 11.8 Å². The molecule has 4 aliphatic rings. The average molecular weight is 512 g/mol. The van der Waals surface area contributed by atoms with Gasteiger partial charge < -0.3 is 24.1 Å². The third-order valence-corrected chi connectivity index (χ3v) is 8.54. The SMILES string of the molecule is COC(=O)C[C@](O)(CCC=C(C)C)C(=O)[C@@H]1C(OC)=C[C@]23CCCN2CCc2cc4c(cc2[C@H]13)OCO4. The van der Waals surface area contributed by atoms with Gasteiger partial charge in [-0.2, -0.15) is 0 Å². The topological polar surface area (TPSA) is 94.5 Å². The zero-order chi connectivity index (χ0) is 26.4. The Labute approximate surface area is 218 Å². The first kappa shape index (κ1) is 25.8. The largest absolute Gasteiger partial charge is 0.501 e. The molecule has 0 unspecified atom stereocenters. The van der Waals surface area contributed by atoms with Crippen molar-refractivity contribution in [3.8, 4) is 11.5 Å². The molecule has 8 nitrogen and oxygen atoms in total. The molecule has 1 saturated heterocycles. The second-order valence-corrected chi connectivity index (χ2v) is 10.9. The number of esters is 1. The molecular formula is C29H37NO7. The molecular weight excluding hydrogens is 474 g/mol. The molecule has 1 aromatic rings. The lowest BCUT2D eigenvalue weighted by molar-refractivity contribution is -0.156. The molecule has 0 bridgehead atoms. The number of ether oxygens (including phenoxy) is 4. The number of hydrogen-bond donors (Lipinski definition) is 1. The number of allylic oxidation sites excluding steroid dienone is 3. The summed E-state index contributed by atoms with van der Waals surface area (Å²) in [4.78, 5) is 29.3. The smallest absolute Gasteiger partial charge is 0.308 e. The number of hydrogen-bond acceptors (Lipinski definition) is 8. The van der Waals surface area contributed by atoms with Crippen molar-refractivity contribution in [2.24, 2.45) is 5.92 Å². The summed E-state index contributed by atoms with van der Waals surface area (Å²) >= 11 is 0. The van der Waals surface area contributed by atoms with Crippen LogP contribution in [0.2, 0.25) is 0 Å². The van der Waals surface area contributed by atoms with E-state index in [9.17, 15) is 14.7 Å². The Morgan fingerprint density at radius 2 is 1.97 bits per heavy atom. The van der Waals surface area contributed by atoms with Gasteiger partial charge in [0.05, 0.1) is 32.1 Å². The number of fused-ring (bicyclic) bond motifs is 3. The number of aliphatic hydroxyl groups is 1. The molecule has 1 N–H and O–H groups in total. The number of carbonyl (C=O) groups excluding carboxylic acids is 2. The molecule has 0 amide bonds. The third kappa shape index (κ3) is 4.34. The highest BCUT2D eigenvalue weighted by atomic mass is 16.7. The summed E-state index contributed by atoms with van der Waals surface area (Å²) in [5, 5.41) is 11.8. The van der Waals surface area contributed by atoms with Gasteiger partial charge >= 0.3 is 5.97 Å². The van der Waals surface area contributed by atoms with Crippen molar-refractivity contribution in [1.29, 1.82) is 0 Å². The van der Waals surface area contributed by atoms with Crippen LogP contribution in [-0.4, -0.2) is 67.0 Å². The fourth-order valence-corrected chi connectivity index (χ4v) is 6.81. The number of benzene rings is 1. The molecule has 3 heterocycles. The highest BCUT2D eigenvalue weighted by Crippen LogP contribution is 2.58. The number of ketones is 1. The standard InChI is InChI=1S/C29H37NO7/c1-18(2)7-5-10-29(33,16-24(31)35-4)27(32)25-23(34-3)15-28-9-6-11-30(28)12-8-19-13-21-22(37-17-36-21)14-20(19)26(25)28/h7,13-15,25-26,33H,5-6,8-12,16-17H2,1-4H3/t25-,26-,28+,29-/m1/s1. The zero-order valence-electron chi connectivity index (χ0n) is 22.2. The number of carbonyl (C=O) groups is 2. The van der Waals surface area contributed by atoms with Crippen molar-refractivity contribution in [2.75, 3.05) is 34.1 Å². The summed E-state index contributed by atoms with van der Waals surface area (Å²) in [6.45, 7) is 5.89. The Morgan fingerprint density at radius 1 is 1.22 bits per heavy atom. The highest BCUT2D eigenvalue weighted by Gasteiger charge is 2.60. The van der Waals surface area contributed by atoms with Crippen LogP contribution < -0.4 is 9.47 Å². The van der Waals surface area contributed by atoms with Gasteiger partial charge in [-0.25, -0.2) is 0 Å². The maximum Gasteiger partial charge on any atom is 0.308 e. The Morgan fingerprint density at radius 3 is 2.68 bits per heavy atom. The Balaban J connectivity index is 1.62. The summed E-state index contributed by atoms with van der Waals surface area (Å²) in [5.41, 5.74) is 0.934. The van der Waals surface area contributed by atoms with E-state index in [-0.39, 0.29) is 19.1 Å². The van der Waals surface area contributed by atoms with Gasteiger partial charge in [-0.15, -0.1) is 0 Å². The van der Waals surface area contributed by atoms with Crippen LogP contribution in [0.1, 0.15) is 63.0 Å². The number of methoxy groups -OCH3 is 2. The van der Waals surface area contributed by atoms with Crippen molar-refractivity contribution in [1.82, 2.24) is 4.90 Å². The van der Waals surface area contributed by atoms with E-state index in [0.717, 1.165) is 54.8 Å². The van der Waals surface area contributed by atoms with E-state index in [0.29, 0.717) is 17.9 Å². The average Bonchev–Trinajstić information content (AvgIpc) is 3.56. The van der Waals surface area contributed by atoms with Crippen LogP contribution in [-0.2, 0) is 25.5 Å². The molecule has 5 rings (SSSR count). The minimum Gasteiger partial charge on any atom is -0.501 e. The predicted octanol–water partition coefficient (Wildman–Crippen LogP) is 3.66. The summed E-state index contributed by atoms with van der Waals surface area (Å²) < 4.78 is 22.2. The van der Waals surface area contributed by atoms with Crippen LogP contribution in [0, 0.1) is 5.92 Å². The van der Waals surface area contributed by atoms with Gasteiger partial charge in [0.25, 0.3) is 0 Å². The molecule has 4 atom stereocenters. The van der Waals surface area contributed by atoms with Gasteiger partial charge in [0.2, 0.25) is 6.79 Å². The summed E-state index contributed by atoms with van der Waals surface area (Å²) in [5.74, 6) is -0.0900. The van der Waals surface area contributed by atoms with Gasteiger partial charge in [-0.05, 0) is 81.8 Å². The molecule has 3 aliphatic heterocycles. The summed E-state index contributed by atoms with van der Waals surface area (Å²) in [6, 6.07) is 4.05. The molecule has 0 saturated carbocycles. The molecule has 1 spiro atoms. The van der Waals surface area contributed by atoms with Gasteiger partial charge in [0, 0.05) is 12.5 Å². The lowest BCUT2D eigenvalue weighted by Gasteiger charge is -2.40. The van der Waals surface area contributed by atoms with Crippen LogP contribution in [0.15, 0.2) is 35.6 Å². The van der Waals surface area contributed by atoms with E-state index in [1.54, 1.807) is 7.11 Å². The normalized spacial score (nSPS) is 27.2. The maximum atomic E-state index is 14.5. The van der Waals surface area contributed by atoms with Crippen LogP contribution >= 0.6 is 0 Å². The van der Waals surface area contributed by atoms with E-state index in [1.165, 1.54) is 7.11 Å². The highest BCUT2D eigenvalue weighted by molar-refractivity contribution is 5.96. The van der Waals surface area contributed by atoms with Crippen LogP contribution in [0.3, 0.4) is 0 Å². The summed E-state index contributed by atoms with van der Waals surface area (Å²) in [6.07, 6.45) is 7.00. The Bertz CT molecular complexity index is 1150. The second-order valence-electron chi connectivity index (χ2n) is 10.9. The van der Waals surface area contributed by atoms with E-state index in [1.807, 2.05) is 32.1 Å². The van der Waals surface area contributed by atoms with Crippen LogP contribution in [0.25, 0.3) is 0 Å². The lowest BCUT2D eigenvalue weighted by Crippen LogP contribution is -2.51. The van der Waals surface area contributed by atoms with Crippen molar-refractivity contribution in [3.63, 3.8) is 0 Å². The summed E-state index contributed by atoms with van der Waals surface area (Å²) in [7, 11) is 2.85. The van der Waals surface area contributed by atoms with Gasteiger partial charge in [0.1, 0.15) is 11.4 Å². The number of Topliss-reactive ketones (excluding diaryl/α,β-unsaturated/α-hetero) is 1. The molecule has 8 heteroatoms. The quantitative estimate of drug-likeness (QED) is 0.418. The van der Waals surface area contributed by atoms with Crippen molar-refractivity contribution < 1.29 is 33.6 Å². The molecule has 0 radical (unpaired) electrons. The van der Waals surface area contributed by atoms with Gasteiger partial charge in [-0.1, -0.05) is 11.6 Å². The molecule has 200 valence electrons. The first-order chi connectivity index (χ1) is 17.7. The zero-order valence-corrected chi connectivity index (χ0v) is 22.2. The van der Waals surface area contributed by atoms with E-state index in [2.05, 4.69) is 11.0 Å². The van der Waals surface area contributed by atoms with E-state index in [4.69, 9.17) is 18.9 Å². The van der Waals surface area contributed by atoms with Gasteiger partial charge in [0.15, 0.2) is 17.3 Å². The van der Waals surface area contributed by atoms with Gasteiger partial charge in [-0.3, -0.25) is 14.5 Å². The second kappa shape index (κ2) is 9.80. The minimum absolute atomic E-state index is 0.122. The van der Waals surface area contributed by atoms with Crippen LogP contribution in [0.4, 0.5) is 0 Å². The minimum atomic E-state index is -1.89.